The highest BCUT2D eigenvalue weighted by Gasteiger charge is 2.37. The molecule has 1 aromatic carbocycles. The van der Waals surface area contributed by atoms with Gasteiger partial charge in [0.15, 0.2) is 0 Å². The van der Waals surface area contributed by atoms with E-state index in [2.05, 4.69) is 57.3 Å². The molecule has 1 N–H and O–H groups in total. The Kier molecular flexibility index (Phi) is 5.22. The molecule has 2 nitrogen and oxygen atoms in total. The molecule has 0 saturated heterocycles. The van der Waals surface area contributed by atoms with Crippen molar-refractivity contribution in [1.82, 2.24) is 5.32 Å². The molecular weight excluding hydrogens is 246 g/mol. The highest BCUT2D eigenvalue weighted by molar-refractivity contribution is 5.37. The SMILES string of the molecule is CC(C)OCCCCNC1c2ccccc2CC1(C)C. The Morgan fingerprint density at radius 2 is 2.00 bits per heavy atom. The summed E-state index contributed by atoms with van der Waals surface area (Å²) in [6, 6.07) is 9.36. The smallest absolute Gasteiger partial charge is 0.0518 e. The van der Waals surface area contributed by atoms with Gasteiger partial charge in [-0.15, -0.1) is 0 Å². The molecule has 0 aliphatic heterocycles. The van der Waals surface area contributed by atoms with Crippen molar-refractivity contribution in [2.45, 2.75) is 59.1 Å². The number of rotatable bonds is 7. The quantitative estimate of drug-likeness (QED) is 0.756. The number of ether oxygens (including phenoxy) is 1. The Bertz CT molecular complexity index is 425. The molecule has 0 radical (unpaired) electrons. The summed E-state index contributed by atoms with van der Waals surface area (Å²) in [5, 5.41) is 3.76. The first-order chi connectivity index (χ1) is 9.50. The van der Waals surface area contributed by atoms with Gasteiger partial charge in [0.05, 0.1) is 6.10 Å². The molecule has 1 unspecified atom stereocenters. The van der Waals surface area contributed by atoms with Crippen LogP contribution in [0.4, 0.5) is 0 Å². The van der Waals surface area contributed by atoms with Crippen LogP contribution in [0.15, 0.2) is 24.3 Å². The molecule has 2 rings (SSSR count). The predicted molar refractivity (Wildman–Crippen MR) is 85.0 cm³/mol. The van der Waals surface area contributed by atoms with Gasteiger partial charge in [0.2, 0.25) is 0 Å². The van der Waals surface area contributed by atoms with Gasteiger partial charge in [0.1, 0.15) is 0 Å². The van der Waals surface area contributed by atoms with Gasteiger partial charge < -0.3 is 10.1 Å². The summed E-state index contributed by atoms with van der Waals surface area (Å²) in [4.78, 5) is 0. The van der Waals surface area contributed by atoms with Crippen LogP contribution < -0.4 is 5.32 Å². The summed E-state index contributed by atoms with van der Waals surface area (Å²) in [5.74, 6) is 0. The molecule has 112 valence electrons. The maximum atomic E-state index is 5.58. The minimum Gasteiger partial charge on any atom is -0.379 e. The van der Waals surface area contributed by atoms with Crippen molar-refractivity contribution >= 4 is 0 Å². The Labute approximate surface area is 123 Å². The largest absolute Gasteiger partial charge is 0.379 e. The molecule has 1 atom stereocenters. The van der Waals surface area contributed by atoms with E-state index in [1.165, 1.54) is 24.0 Å². The van der Waals surface area contributed by atoms with Crippen molar-refractivity contribution in [3.8, 4) is 0 Å². The lowest BCUT2D eigenvalue weighted by molar-refractivity contribution is 0.0757. The second-order valence-electron chi connectivity index (χ2n) is 6.88. The molecule has 20 heavy (non-hydrogen) atoms. The first kappa shape index (κ1) is 15.5. The lowest BCUT2D eigenvalue weighted by atomic mass is 9.85. The minimum atomic E-state index is 0.318. The zero-order chi connectivity index (χ0) is 14.6. The van der Waals surface area contributed by atoms with Crippen molar-refractivity contribution in [1.29, 1.82) is 0 Å². The van der Waals surface area contributed by atoms with E-state index in [4.69, 9.17) is 4.74 Å². The molecule has 0 fully saturated rings. The van der Waals surface area contributed by atoms with Crippen LogP contribution in [0.3, 0.4) is 0 Å². The van der Waals surface area contributed by atoms with E-state index in [1.54, 1.807) is 0 Å². The number of benzene rings is 1. The second-order valence-corrected chi connectivity index (χ2v) is 6.88. The molecule has 1 aromatic rings. The fourth-order valence-electron chi connectivity index (χ4n) is 3.17. The summed E-state index contributed by atoms with van der Waals surface area (Å²) in [6.07, 6.45) is 3.85. The zero-order valence-corrected chi connectivity index (χ0v) is 13.4. The zero-order valence-electron chi connectivity index (χ0n) is 13.4. The standard InChI is InChI=1S/C18H29NO/c1-14(2)20-12-8-7-11-19-17-16-10-6-5-9-15(16)13-18(17,3)4/h5-6,9-10,14,17,19H,7-8,11-13H2,1-4H3. The van der Waals surface area contributed by atoms with Crippen LogP contribution in [0.5, 0.6) is 0 Å². The summed E-state index contributed by atoms with van der Waals surface area (Å²) in [5.41, 5.74) is 3.33. The van der Waals surface area contributed by atoms with E-state index in [0.29, 0.717) is 17.6 Å². The number of hydrogen-bond acceptors (Lipinski definition) is 2. The summed E-state index contributed by atoms with van der Waals surface area (Å²) >= 11 is 0. The van der Waals surface area contributed by atoms with Crippen molar-refractivity contribution < 1.29 is 4.74 Å². The Morgan fingerprint density at radius 3 is 2.75 bits per heavy atom. The third-order valence-electron chi connectivity index (χ3n) is 4.16. The number of fused-ring (bicyclic) bond motifs is 1. The average Bonchev–Trinajstić information content (AvgIpc) is 2.63. The van der Waals surface area contributed by atoms with Gasteiger partial charge in [-0.1, -0.05) is 38.1 Å². The normalized spacial score (nSPS) is 20.4. The topological polar surface area (TPSA) is 21.3 Å². The summed E-state index contributed by atoms with van der Waals surface area (Å²) < 4.78 is 5.58. The van der Waals surface area contributed by atoms with Crippen LogP contribution in [-0.4, -0.2) is 19.3 Å². The molecule has 0 heterocycles. The second kappa shape index (κ2) is 6.73. The van der Waals surface area contributed by atoms with Gasteiger partial charge in [-0.05, 0) is 56.2 Å². The third-order valence-corrected chi connectivity index (χ3v) is 4.16. The van der Waals surface area contributed by atoms with Crippen LogP contribution in [0.2, 0.25) is 0 Å². The number of nitrogens with one attached hydrogen (secondary N) is 1. The van der Waals surface area contributed by atoms with Gasteiger partial charge in [0.25, 0.3) is 0 Å². The maximum Gasteiger partial charge on any atom is 0.0518 e. The Hall–Kier alpha value is -0.860. The lowest BCUT2D eigenvalue weighted by Gasteiger charge is -2.28. The van der Waals surface area contributed by atoms with Crippen LogP contribution in [0.1, 0.15) is 57.7 Å². The molecule has 1 aliphatic carbocycles. The molecule has 0 saturated carbocycles. The molecule has 0 aromatic heterocycles. The van der Waals surface area contributed by atoms with Crippen LogP contribution in [0, 0.1) is 5.41 Å². The van der Waals surface area contributed by atoms with Crippen LogP contribution >= 0.6 is 0 Å². The monoisotopic (exact) mass is 275 g/mol. The van der Waals surface area contributed by atoms with Gasteiger partial charge in [-0.2, -0.15) is 0 Å². The Balaban J connectivity index is 1.80. The van der Waals surface area contributed by atoms with E-state index in [0.717, 1.165) is 19.6 Å². The number of hydrogen-bond donors (Lipinski definition) is 1. The maximum absolute atomic E-state index is 5.58. The Morgan fingerprint density at radius 1 is 1.25 bits per heavy atom. The lowest BCUT2D eigenvalue weighted by Crippen LogP contribution is -2.31. The molecule has 0 spiro atoms. The highest BCUT2D eigenvalue weighted by atomic mass is 16.5. The van der Waals surface area contributed by atoms with Gasteiger partial charge in [-0.25, -0.2) is 0 Å². The molecule has 0 amide bonds. The van der Waals surface area contributed by atoms with Crippen molar-refractivity contribution in [3.63, 3.8) is 0 Å². The first-order valence-corrected chi connectivity index (χ1v) is 7.93. The van der Waals surface area contributed by atoms with E-state index >= 15 is 0 Å². The van der Waals surface area contributed by atoms with Crippen molar-refractivity contribution in [2.75, 3.05) is 13.2 Å². The van der Waals surface area contributed by atoms with Crippen molar-refractivity contribution in [3.05, 3.63) is 35.4 Å². The fraction of sp³-hybridized carbons (Fsp3) is 0.667. The average molecular weight is 275 g/mol. The van der Waals surface area contributed by atoms with Gasteiger partial charge in [-0.3, -0.25) is 0 Å². The summed E-state index contributed by atoms with van der Waals surface area (Å²) in [7, 11) is 0. The predicted octanol–water partition coefficient (Wildman–Crippen LogP) is 4.10. The first-order valence-electron chi connectivity index (χ1n) is 7.93. The van der Waals surface area contributed by atoms with Crippen molar-refractivity contribution in [2.24, 2.45) is 5.41 Å². The fourth-order valence-corrected chi connectivity index (χ4v) is 3.17. The number of unbranched alkanes of at least 4 members (excludes halogenated alkanes) is 1. The molecule has 0 bridgehead atoms. The van der Waals surface area contributed by atoms with E-state index in [9.17, 15) is 0 Å². The highest BCUT2D eigenvalue weighted by Crippen LogP contribution is 2.44. The van der Waals surface area contributed by atoms with Gasteiger partial charge >= 0.3 is 0 Å². The molecular formula is C18H29NO. The minimum absolute atomic E-state index is 0.318. The van der Waals surface area contributed by atoms with Crippen LogP contribution in [-0.2, 0) is 11.2 Å². The summed E-state index contributed by atoms with van der Waals surface area (Å²) in [6.45, 7) is 10.9. The van der Waals surface area contributed by atoms with Crippen LogP contribution in [0.25, 0.3) is 0 Å². The molecule has 2 heteroatoms. The van der Waals surface area contributed by atoms with Gasteiger partial charge in [0, 0.05) is 12.6 Å². The van der Waals surface area contributed by atoms with E-state index < -0.39 is 0 Å². The van der Waals surface area contributed by atoms with E-state index in [-0.39, 0.29) is 0 Å². The molecule has 1 aliphatic rings. The third kappa shape index (κ3) is 3.83. The van der Waals surface area contributed by atoms with E-state index in [1.807, 2.05) is 0 Å².